The van der Waals surface area contributed by atoms with Gasteiger partial charge >= 0.3 is 0 Å². The second kappa shape index (κ2) is 8.90. The number of amides is 1. The van der Waals surface area contributed by atoms with Crippen LogP contribution in [0.3, 0.4) is 0 Å². The van der Waals surface area contributed by atoms with E-state index in [1.54, 1.807) is 0 Å². The summed E-state index contributed by atoms with van der Waals surface area (Å²) in [6, 6.07) is 21.4. The molecule has 0 atom stereocenters. The van der Waals surface area contributed by atoms with Crippen LogP contribution >= 0.6 is 0 Å². The number of benzene rings is 3. The van der Waals surface area contributed by atoms with E-state index in [4.69, 9.17) is 0 Å². The first-order chi connectivity index (χ1) is 12.8. The Morgan fingerprint density at radius 2 is 1.58 bits per heavy atom. The Morgan fingerprint density at radius 1 is 0.846 bits per heavy atom. The second-order valence-electron chi connectivity index (χ2n) is 6.22. The van der Waals surface area contributed by atoms with Crippen LogP contribution in [-0.4, -0.2) is 5.91 Å². The van der Waals surface area contributed by atoms with Gasteiger partial charge in [-0.15, -0.1) is 5.11 Å². The molecule has 132 valence electrons. The van der Waals surface area contributed by atoms with Crippen molar-refractivity contribution >= 4 is 33.7 Å². The van der Waals surface area contributed by atoms with E-state index < -0.39 is 0 Å². The first-order valence-electron chi connectivity index (χ1n) is 9.06. The Bertz CT molecular complexity index is 904. The minimum atomic E-state index is 0.0577. The Hall–Kier alpha value is -3.01. The number of unbranched alkanes of at least 4 members (excludes halogenated alkanes) is 2. The highest BCUT2D eigenvalue weighted by atomic mass is 16.1. The van der Waals surface area contributed by atoms with Gasteiger partial charge in [-0.05, 0) is 30.7 Å². The number of carbonyl (C=O) groups is 1. The van der Waals surface area contributed by atoms with Crippen LogP contribution in [0.15, 0.2) is 77.0 Å². The van der Waals surface area contributed by atoms with E-state index in [9.17, 15) is 4.79 Å². The normalized spacial score (nSPS) is 11.1. The van der Waals surface area contributed by atoms with Crippen molar-refractivity contribution in [1.29, 1.82) is 0 Å². The first kappa shape index (κ1) is 17.8. The summed E-state index contributed by atoms with van der Waals surface area (Å²) >= 11 is 0. The molecule has 0 fully saturated rings. The van der Waals surface area contributed by atoms with Crippen molar-refractivity contribution in [3.63, 3.8) is 0 Å². The fraction of sp³-hybridized carbons (Fsp3) is 0.227. The summed E-state index contributed by atoms with van der Waals surface area (Å²) in [5, 5.41) is 13.7. The van der Waals surface area contributed by atoms with Crippen LogP contribution in [0.25, 0.3) is 10.8 Å². The lowest BCUT2D eigenvalue weighted by Crippen LogP contribution is -2.11. The molecule has 4 heteroatoms. The number of hydrogen-bond donors (Lipinski definition) is 1. The minimum Gasteiger partial charge on any atom is -0.326 e. The lowest BCUT2D eigenvalue weighted by atomic mass is 10.1. The van der Waals surface area contributed by atoms with Gasteiger partial charge in [0.1, 0.15) is 0 Å². The van der Waals surface area contributed by atoms with Crippen LogP contribution in [0.1, 0.15) is 32.6 Å². The Balaban J connectivity index is 1.85. The fourth-order valence-electron chi connectivity index (χ4n) is 2.83. The molecule has 1 amide bonds. The van der Waals surface area contributed by atoms with Gasteiger partial charge in [0, 0.05) is 22.9 Å². The molecule has 3 rings (SSSR count). The third-order valence-electron chi connectivity index (χ3n) is 4.21. The molecule has 0 bridgehead atoms. The van der Waals surface area contributed by atoms with Crippen molar-refractivity contribution in [2.24, 2.45) is 10.2 Å². The molecule has 1 N–H and O–H groups in total. The quantitative estimate of drug-likeness (QED) is 0.372. The SMILES string of the molecule is CCCCCC(=O)Nc1ccc(N=Nc2ccccc2)c2ccccc12. The molecule has 0 saturated heterocycles. The number of azo groups is 1. The maximum Gasteiger partial charge on any atom is 0.224 e. The molecule has 0 spiro atoms. The van der Waals surface area contributed by atoms with Gasteiger partial charge in [0.2, 0.25) is 5.91 Å². The zero-order valence-electron chi connectivity index (χ0n) is 15.0. The Labute approximate surface area is 154 Å². The van der Waals surface area contributed by atoms with Crippen LogP contribution in [0.4, 0.5) is 17.1 Å². The topological polar surface area (TPSA) is 53.8 Å². The van der Waals surface area contributed by atoms with Gasteiger partial charge in [0.15, 0.2) is 0 Å². The molecule has 0 saturated carbocycles. The van der Waals surface area contributed by atoms with Gasteiger partial charge < -0.3 is 5.32 Å². The molecule has 0 aliphatic heterocycles. The number of nitrogens with one attached hydrogen (secondary N) is 1. The standard InChI is InChI=1S/C22H23N3O/c1-2-3-5-14-22(26)23-20-15-16-21(19-13-9-8-12-18(19)20)25-24-17-10-6-4-7-11-17/h4,6-13,15-16H,2-3,5,14H2,1H3,(H,23,26). The number of nitrogens with zero attached hydrogens (tertiary/aromatic N) is 2. The average molecular weight is 345 g/mol. The van der Waals surface area contributed by atoms with Crippen LogP contribution in [-0.2, 0) is 4.79 Å². The second-order valence-corrected chi connectivity index (χ2v) is 6.22. The molecular formula is C22H23N3O. The Morgan fingerprint density at radius 3 is 2.35 bits per heavy atom. The van der Waals surface area contributed by atoms with Crippen LogP contribution in [0.2, 0.25) is 0 Å². The molecule has 0 radical (unpaired) electrons. The van der Waals surface area contributed by atoms with E-state index >= 15 is 0 Å². The molecule has 0 aliphatic carbocycles. The summed E-state index contributed by atoms with van der Waals surface area (Å²) in [4.78, 5) is 12.2. The summed E-state index contributed by atoms with van der Waals surface area (Å²) in [6.45, 7) is 2.13. The van der Waals surface area contributed by atoms with E-state index in [0.29, 0.717) is 6.42 Å². The lowest BCUT2D eigenvalue weighted by Gasteiger charge is -2.10. The molecule has 0 heterocycles. The lowest BCUT2D eigenvalue weighted by molar-refractivity contribution is -0.116. The molecule has 3 aromatic carbocycles. The largest absolute Gasteiger partial charge is 0.326 e. The van der Waals surface area contributed by atoms with Gasteiger partial charge in [0.25, 0.3) is 0 Å². The highest BCUT2D eigenvalue weighted by Gasteiger charge is 2.08. The van der Waals surface area contributed by atoms with Crippen molar-refractivity contribution in [1.82, 2.24) is 0 Å². The van der Waals surface area contributed by atoms with Crippen molar-refractivity contribution in [2.45, 2.75) is 32.6 Å². The van der Waals surface area contributed by atoms with Crippen molar-refractivity contribution in [3.8, 4) is 0 Å². The molecule has 0 unspecified atom stereocenters. The number of hydrogen-bond acceptors (Lipinski definition) is 3. The zero-order chi connectivity index (χ0) is 18.2. The average Bonchev–Trinajstić information content (AvgIpc) is 2.68. The number of anilines is 1. The summed E-state index contributed by atoms with van der Waals surface area (Å²) in [5.74, 6) is 0.0577. The van der Waals surface area contributed by atoms with E-state index in [1.165, 1.54) is 0 Å². The maximum absolute atomic E-state index is 12.2. The monoisotopic (exact) mass is 345 g/mol. The third-order valence-corrected chi connectivity index (χ3v) is 4.21. The van der Waals surface area contributed by atoms with Gasteiger partial charge in [0.05, 0.1) is 11.4 Å². The van der Waals surface area contributed by atoms with Crippen LogP contribution in [0, 0.1) is 0 Å². The summed E-state index contributed by atoms with van der Waals surface area (Å²) < 4.78 is 0. The smallest absolute Gasteiger partial charge is 0.224 e. The summed E-state index contributed by atoms with van der Waals surface area (Å²) in [5.41, 5.74) is 2.42. The molecule has 0 aromatic heterocycles. The fourth-order valence-corrected chi connectivity index (χ4v) is 2.83. The Kier molecular flexibility index (Phi) is 6.09. The molecule has 26 heavy (non-hydrogen) atoms. The molecule has 0 aliphatic rings. The number of rotatable bonds is 7. The number of carbonyl (C=O) groups excluding carboxylic acids is 1. The summed E-state index contributed by atoms with van der Waals surface area (Å²) in [6.07, 6.45) is 3.66. The molecular weight excluding hydrogens is 322 g/mol. The first-order valence-corrected chi connectivity index (χ1v) is 9.06. The van der Waals surface area contributed by atoms with Crippen molar-refractivity contribution in [3.05, 3.63) is 66.7 Å². The third kappa shape index (κ3) is 4.54. The van der Waals surface area contributed by atoms with E-state index in [0.717, 1.165) is 47.1 Å². The minimum absolute atomic E-state index is 0.0577. The highest BCUT2D eigenvalue weighted by molar-refractivity contribution is 6.05. The van der Waals surface area contributed by atoms with E-state index in [2.05, 4.69) is 22.5 Å². The van der Waals surface area contributed by atoms with Gasteiger partial charge in [-0.3, -0.25) is 4.79 Å². The molecule has 4 nitrogen and oxygen atoms in total. The van der Waals surface area contributed by atoms with Crippen molar-refractivity contribution < 1.29 is 4.79 Å². The van der Waals surface area contributed by atoms with E-state index in [-0.39, 0.29) is 5.91 Å². The predicted octanol–water partition coefficient (Wildman–Crippen LogP) is 6.77. The van der Waals surface area contributed by atoms with E-state index in [1.807, 2.05) is 66.7 Å². The van der Waals surface area contributed by atoms with Crippen LogP contribution < -0.4 is 5.32 Å². The maximum atomic E-state index is 12.2. The predicted molar refractivity (Wildman–Crippen MR) is 107 cm³/mol. The van der Waals surface area contributed by atoms with Gasteiger partial charge in [-0.1, -0.05) is 62.2 Å². The molecule has 3 aromatic rings. The van der Waals surface area contributed by atoms with Crippen LogP contribution in [0.5, 0.6) is 0 Å². The van der Waals surface area contributed by atoms with Crippen molar-refractivity contribution in [2.75, 3.05) is 5.32 Å². The summed E-state index contributed by atoms with van der Waals surface area (Å²) in [7, 11) is 0. The highest BCUT2D eigenvalue weighted by Crippen LogP contribution is 2.33. The zero-order valence-corrected chi connectivity index (χ0v) is 15.0. The number of fused-ring (bicyclic) bond motifs is 1. The van der Waals surface area contributed by atoms with Gasteiger partial charge in [-0.2, -0.15) is 5.11 Å². The van der Waals surface area contributed by atoms with Gasteiger partial charge in [-0.25, -0.2) is 0 Å².